The fourth-order valence-corrected chi connectivity index (χ4v) is 5.25. The van der Waals surface area contributed by atoms with Crippen molar-refractivity contribution in [1.29, 1.82) is 0 Å². The van der Waals surface area contributed by atoms with E-state index in [9.17, 15) is 17.6 Å². The van der Waals surface area contributed by atoms with Gasteiger partial charge in [0.25, 0.3) is 0 Å². The summed E-state index contributed by atoms with van der Waals surface area (Å²) in [4.78, 5) is 12.4. The highest BCUT2D eigenvalue weighted by atomic mass is 32.2. The van der Waals surface area contributed by atoms with Crippen LogP contribution < -0.4 is 5.32 Å². The third-order valence-corrected chi connectivity index (χ3v) is 6.88. The largest absolute Gasteiger partial charge is 0.348 e. The van der Waals surface area contributed by atoms with Gasteiger partial charge in [-0.3, -0.25) is 4.79 Å². The van der Waals surface area contributed by atoms with Crippen LogP contribution in [0, 0.1) is 12.7 Å². The zero-order valence-corrected chi connectivity index (χ0v) is 16.2. The molecule has 2 atom stereocenters. The summed E-state index contributed by atoms with van der Waals surface area (Å²) in [6, 6.07) is 11.9. The summed E-state index contributed by atoms with van der Waals surface area (Å²) in [5.41, 5.74) is 2.03. The first-order valence-electron chi connectivity index (χ1n) is 8.94. The molecular formula is C20H23FN2O3S. The molecule has 0 saturated carbocycles. The quantitative estimate of drug-likeness (QED) is 0.853. The van der Waals surface area contributed by atoms with Crippen molar-refractivity contribution in [2.75, 3.05) is 6.54 Å². The van der Waals surface area contributed by atoms with Crippen molar-refractivity contribution in [3.63, 3.8) is 0 Å². The van der Waals surface area contributed by atoms with E-state index < -0.39 is 26.8 Å². The number of sulfonamides is 1. The fraction of sp³-hybridized carbons (Fsp3) is 0.350. The van der Waals surface area contributed by atoms with Crippen molar-refractivity contribution >= 4 is 15.9 Å². The standard InChI is InChI=1S/C20H23FN2O3S/c1-14-8-3-4-9-16(14)15(2)22-20(24)18-11-7-13-23(18)27(25,26)19-12-6-5-10-17(19)21/h3-6,8-10,12,15,18H,7,11,13H2,1-2H3,(H,22,24). The number of halogens is 1. The van der Waals surface area contributed by atoms with E-state index in [1.165, 1.54) is 18.2 Å². The highest BCUT2D eigenvalue weighted by Gasteiger charge is 2.40. The molecule has 1 aliphatic heterocycles. The lowest BCUT2D eigenvalue weighted by molar-refractivity contribution is -0.124. The summed E-state index contributed by atoms with van der Waals surface area (Å²) in [6.45, 7) is 4.03. The van der Waals surface area contributed by atoms with Gasteiger partial charge in [-0.05, 0) is 49.9 Å². The van der Waals surface area contributed by atoms with Gasteiger partial charge in [0.05, 0.1) is 6.04 Å². The van der Waals surface area contributed by atoms with Crippen molar-refractivity contribution < 1.29 is 17.6 Å². The minimum Gasteiger partial charge on any atom is -0.348 e. The first-order valence-corrected chi connectivity index (χ1v) is 10.4. The Morgan fingerprint density at radius 1 is 1.19 bits per heavy atom. The summed E-state index contributed by atoms with van der Waals surface area (Å²) in [5, 5.41) is 2.91. The number of nitrogens with one attached hydrogen (secondary N) is 1. The van der Waals surface area contributed by atoms with Crippen molar-refractivity contribution in [2.24, 2.45) is 0 Å². The van der Waals surface area contributed by atoms with Crippen LogP contribution in [0.25, 0.3) is 0 Å². The molecule has 1 heterocycles. The number of hydrogen-bond acceptors (Lipinski definition) is 3. The second-order valence-corrected chi connectivity index (χ2v) is 8.65. The normalized spacial score (nSPS) is 19.0. The summed E-state index contributed by atoms with van der Waals surface area (Å²) in [6.07, 6.45) is 0.977. The number of amides is 1. The summed E-state index contributed by atoms with van der Waals surface area (Å²) in [7, 11) is -4.07. The maximum absolute atomic E-state index is 14.0. The predicted molar refractivity (Wildman–Crippen MR) is 101 cm³/mol. The molecule has 0 radical (unpaired) electrons. The predicted octanol–water partition coefficient (Wildman–Crippen LogP) is 3.16. The molecular weight excluding hydrogens is 367 g/mol. The number of carbonyl (C=O) groups is 1. The molecule has 2 aromatic carbocycles. The molecule has 0 aromatic heterocycles. The van der Waals surface area contributed by atoms with Crippen LogP contribution in [-0.2, 0) is 14.8 Å². The minimum absolute atomic E-state index is 0.202. The first-order chi connectivity index (χ1) is 12.8. The average molecular weight is 390 g/mol. The van der Waals surface area contributed by atoms with Crippen LogP contribution in [0.4, 0.5) is 4.39 Å². The van der Waals surface area contributed by atoms with Crippen molar-refractivity contribution in [3.8, 4) is 0 Å². The Bertz CT molecular complexity index is 946. The molecule has 1 amide bonds. The van der Waals surface area contributed by atoms with Gasteiger partial charge in [-0.15, -0.1) is 0 Å². The first kappa shape index (κ1) is 19.5. The molecule has 1 aliphatic rings. The third-order valence-electron chi connectivity index (χ3n) is 4.94. The lowest BCUT2D eigenvalue weighted by atomic mass is 10.0. The third kappa shape index (κ3) is 3.89. The number of nitrogens with zero attached hydrogens (tertiary/aromatic N) is 1. The van der Waals surface area contributed by atoms with E-state index in [2.05, 4.69) is 5.32 Å². The molecule has 27 heavy (non-hydrogen) atoms. The van der Waals surface area contributed by atoms with Crippen molar-refractivity contribution in [3.05, 3.63) is 65.5 Å². The van der Waals surface area contributed by atoms with E-state index in [1.54, 1.807) is 0 Å². The Morgan fingerprint density at radius 3 is 2.56 bits per heavy atom. The maximum atomic E-state index is 14.0. The van der Waals surface area contributed by atoms with Gasteiger partial charge in [0.15, 0.2) is 0 Å². The molecule has 3 rings (SSSR count). The lowest BCUT2D eigenvalue weighted by Crippen LogP contribution is -2.46. The summed E-state index contributed by atoms with van der Waals surface area (Å²) < 4.78 is 40.9. The van der Waals surface area contributed by atoms with Crippen molar-refractivity contribution in [1.82, 2.24) is 9.62 Å². The van der Waals surface area contributed by atoms with Crippen molar-refractivity contribution in [2.45, 2.75) is 43.7 Å². The second-order valence-electron chi connectivity index (χ2n) is 6.79. The van der Waals surface area contributed by atoms with Gasteiger partial charge >= 0.3 is 0 Å². The monoisotopic (exact) mass is 390 g/mol. The van der Waals surface area contributed by atoms with Gasteiger partial charge in [-0.1, -0.05) is 36.4 Å². The van der Waals surface area contributed by atoms with Crippen LogP contribution in [0.2, 0.25) is 0 Å². The Balaban J connectivity index is 1.81. The fourth-order valence-electron chi connectivity index (χ4n) is 3.53. The number of rotatable bonds is 5. The Labute approximate surface area is 159 Å². The molecule has 0 aliphatic carbocycles. The van der Waals surface area contributed by atoms with E-state index in [1.807, 2.05) is 38.1 Å². The molecule has 1 fully saturated rings. The molecule has 1 N–H and O–H groups in total. The Hall–Kier alpha value is -2.25. The zero-order valence-electron chi connectivity index (χ0n) is 15.4. The van der Waals surface area contributed by atoms with E-state index in [0.717, 1.165) is 21.5 Å². The van der Waals surface area contributed by atoms with Crippen LogP contribution >= 0.6 is 0 Å². The topological polar surface area (TPSA) is 66.5 Å². The Kier molecular flexibility index (Phi) is 5.62. The van der Waals surface area contributed by atoms with Crippen LogP contribution in [0.5, 0.6) is 0 Å². The molecule has 0 spiro atoms. The number of hydrogen-bond donors (Lipinski definition) is 1. The molecule has 0 bridgehead atoms. The molecule has 2 aromatic rings. The average Bonchev–Trinajstić information content (AvgIpc) is 3.13. The van der Waals surface area contributed by atoms with E-state index in [0.29, 0.717) is 12.8 Å². The SMILES string of the molecule is Cc1ccccc1C(C)NC(=O)C1CCCN1S(=O)(=O)c1ccccc1F. The summed E-state index contributed by atoms with van der Waals surface area (Å²) >= 11 is 0. The number of aryl methyl sites for hydroxylation is 1. The molecule has 1 saturated heterocycles. The second kappa shape index (κ2) is 7.78. The van der Waals surface area contributed by atoms with E-state index in [-0.39, 0.29) is 18.5 Å². The maximum Gasteiger partial charge on any atom is 0.246 e. The van der Waals surface area contributed by atoms with E-state index >= 15 is 0 Å². The van der Waals surface area contributed by atoms with Crippen LogP contribution in [0.1, 0.15) is 36.9 Å². The minimum atomic E-state index is -4.07. The van der Waals surface area contributed by atoms with Crippen LogP contribution in [0.3, 0.4) is 0 Å². The van der Waals surface area contributed by atoms with Crippen LogP contribution in [-0.4, -0.2) is 31.2 Å². The lowest BCUT2D eigenvalue weighted by Gasteiger charge is -2.25. The van der Waals surface area contributed by atoms with Gasteiger partial charge < -0.3 is 5.32 Å². The molecule has 2 unspecified atom stereocenters. The highest BCUT2D eigenvalue weighted by Crippen LogP contribution is 2.28. The summed E-state index contributed by atoms with van der Waals surface area (Å²) in [5.74, 6) is -1.17. The molecule has 5 nitrogen and oxygen atoms in total. The van der Waals surface area contributed by atoms with Gasteiger partial charge in [0.1, 0.15) is 16.8 Å². The van der Waals surface area contributed by atoms with Gasteiger partial charge in [-0.25, -0.2) is 12.8 Å². The van der Waals surface area contributed by atoms with Crippen LogP contribution in [0.15, 0.2) is 53.4 Å². The van der Waals surface area contributed by atoms with Gasteiger partial charge in [-0.2, -0.15) is 4.31 Å². The molecule has 7 heteroatoms. The number of benzene rings is 2. The van der Waals surface area contributed by atoms with Gasteiger partial charge in [0, 0.05) is 6.54 Å². The smallest absolute Gasteiger partial charge is 0.246 e. The zero-order chi connectivity index (χ0) is 19.6. The highest BCUT2D eigenvalue weighted by molar-refractivity contribution is 7.89. The van der Waals surface area contributed by atoms with E-state index in [4.69, 9.17) is 0 Å². The Morgan fingerprint density at radius 2 is 1.85 bits per heavy atom. The van der Waals surface area contributed by atoms with Gasteiger partial charge in [0.2, 0.25) is 15.9 Å². The number of carbonyl (C=O) groups excluding carboxylic acids is 1. The molecule has 144 valence electrons.